The van der Waals surface area contributed by atoms with Crippen LogP contribution in [0.3, 0.4) is 0 Å². The van der Waals surface area contributed by atoms with Crippen LogP contribution >= 0.6 is 0 Å². The quantitative estimate of drug-likeness (QED) is 0.744. The van der Waals surface area contributed by atoms with Gasteiger partial charge >= 0.3 is 0 Å². The lowest BCUT2D eigenvalue weighted by Gasteiger charge is -2.17. The Morgan fingerprint density at radius 2 is 2.00 bits per heavy atom. The Kier molecular flexibility index (Phi) is 2.63. The smallest absolute Gasteiger partial charge is 0.133 e. The van der Waals surface area contributed by atoms with Gasteiger partial charge in [-0.25, -0.2) is 4.98 Å². The van der Waals surface area contributed by atoms with E-state index in [0.717, 1.165) is 17.2 Å². The molecule has 0 amide bonds. The van der Waals surface area contributed by atoms with Gasteiger partial charge in [-0.2, -0.15) is 0 Å². The predicted octanol–water partition coefficient (Wildman–Crippen LogP) is 2.55. The molecule has 0 spiro atoms. The molecule has 0 aromatic carbocycles. The zero-order valence-corrected chi connectivity index (χ0v) is 8.88. The number of aromatic nitrogens is 2. The SMILES string of the molecule is Cc1cccc(N(C)c2cccnc2)n1. The van der Waals surface area contributed by atoms with Gasteiger partial charge in [0.15, 0.2) is 0 Å². The third-order valence-electron chi connectivity index (χ3n) is 2.25. The maximum Gasteiger partial charge on any atom is 0.133 e. The first kappa shape index (κ1) is 9.65. The minimum atomic E-state index is 0.933. The first-order chi connectivity index (χ1) is 7.27. The van der Waals surface area contributed by atoms with Crippen LogP contribution in [0.25, 0.3) is 0 Å². The van der Waals surface area contributed by atoms with Crippen LogP contribution in [0.2, 0.25) is 0 Å². The largest absolute Gasteiger partial charge is 0.328 e. The summed E-state index contributed by atoms with van der Waals surface area (Å²) >= 11 is 0. The molecule has 3 heteroatoms. The molecule has 0 aliphatic rings. The summed E-state index contributed by atoms with van der Waals surface area (Å²) in [6, 6.07) is 9.91. The molecule has 0 saturated carbocycles. The molecule has 0 fully saturated rings. The van der Waals surface area contributed by atoms with Crippen molar-refractivity contribution in [1.82, 2.24) is 9.97 Å². The standard InChI is InChI=1S/C12H13N3/c1-10-5-3-7-12(14-10)15(2)11-6-4-8-13-9-11/h3-9H,1-2H3. The van der Waals surface area contributed by atoms with Crippen LogP contribution in [0.5, 0.6) is 0 Å². The third-order valence-corrected chi connectivity index (χ3v) is 2.25. The van der Waals surface area contributed by atoms with Crippen LogP contribution < -0.4 is 4.90 Å². The average Bonchev–Trinajstić information content (AvgIpc) is 2.29. The van der Waals surface area contributed by atoms with Gasteiger partial charge in [0, 0.05) is 18.9 Å². The summed E-state index contributed by atoms with van der Waals surface area (Å²) in [4.78, 5) is 10.5. The monoisotopic (exact) mass is 199 g/mol. The molecule has 0 saturated heterocycles. The van der Waals surface area contributed by atoms with Crippen LogP contribution in [-0.2, 0) is 0 Å². The van der Waals surface area contributed by atoms with Gasteiger partial charge in [0.2, 0.25) is 0 Å². The molecule has 15 heavy (non-hydrogen) atoms. The maximum absolute atomic E-state index is 4.45. The molecule has 2 rings (SSSR count). The molecule has 0 unspecified atom stereocenters. The van der Waals surface area contributed by atoms with E-state index < -0.39 is 0 Å². The van der Waals surface area contributed by atoms with E-state index in [4.69, 9.17) is 0 Å². The van der Waals surface area contributed by atoms with Crippen molar-refractivity contribution in [2.45, 2.75) is 6.92 Å². The fourth-order valence-electron chi connectivity index (χ4n) is 1.40. The summed E-state index contributed by atoms with van der Waals surface area (Å²) in [6.07, 6.45) is 3.59. The molecule has 0 N–H and O–H groups in total. The van der Waals surface area contributed by atoms with Gasteiger partial charge in [0.1, 0.15) is 5.82 Å². The van der Waals surface area contributed by atoms with E-state index >= 15 is 0 Å². The number of pyridine rings is 2. The Hall–Kier alpha value is -1.90. The third kappa shape index (κ3) is 2.13. The van der Waals surface area contributed by atoms with Crippen LogP contribution in [0.15, 0.2) is 42.7 Å². The van der Waals surface area contributed by atoms with E-state index in [-0.39, 0.29) is 0 Å². The molecule has 2 heterocycles. The van der Waals surface area contributed by atoms with Crippen LogP contribution in [0.4, 0.5) is 11.5 Å². The number of rotatable bonds is 2. The highest BCUT2D eigenvalue weighted by Crippen LogP contribution is 2.19. The van der Waals surface area contributed by atoms with Crippen LogP contribution in [0, 0.1) is 6.92 Å². The van der Waals surface area contributed by atoms with Gasteiger partial charge < -0.3 is 4.90 Å². The van der Waals surface area contributed by atoms with Crippen molar-refractivity contribution in [3.63, 3.8) is 0 Å². The first-order valence-electron chi connectivity index (χ1n) is 4.85. The molecule has 0 radical (unpaired) electrons. The minimum absolute atomic E-state index is 0.933. The van der Waals surface area contributed by atoms with Gasteiger partial charge in [-0.15, -0.1) is 0 Å². The van der Waals surface area contributed by atoms with Crippen molar-refractivity contribution in [1.29, 1.82) is 0 Å². The number of nitrogens with zero attached hydrogens (tertiary/aromatic N) is 3. The molecular formula is C12H13N3. The number of hydrogen-bond donors (Lipinski definition) is 0. The fraction of sp³-hybridized carbons (Fsp3) is 0.167. The van der Waals surface area contributed by atoms with E-state index in [1.165, 1.54) is 0 Å². The highest BCUT2D eigenvalue weighted by Gasteiger charge is 2.04. The molecule has 2 aromatic heterocycles. The summed E-state index contributed by atoms with van der Waals surface area (Å²) in [6.45, 7) is 1.99. The molecule has 76 valence electrons. The van der Waals surface area contributed by atoms with Crippen molar-refractivity contribution in [2.75, 3.05) is 11.9 Å². The van der Waals surface area contributed by atoms with Crippen LogP contribution in [0.1, 0.15) is 5.69 Å². The number of anilines is 2. The number of aryl methyl sites for hydroxylation is 1. The average molecular weight is 199 g/mol. The van der Waals surface area contributed by atoms with Crippen molar-refractivity contribution in [3.8, 4) is 0 Å². The summed E-state index contributed by atoms with van der Waals surface area (Å²) in [5.74, 6) is 0.933. The molecule has 3 nitrogen and oxygen atoms in total. The first-order valence-corrected chi connectivity index (χ1v) is 4.85. The van der Waals surface area contributed by atoms with Crippen molar-refractivity contribution in [2.24, 2.45) is 0 Å². The van der Waals surface area contributed by atoms with Crippen molar-refractivity contribution >= 4 is 11.5 Å². The topological polar surface area (TPSA) is 29.0 Å². The van der Waals surface area contributed by atoms with Crippen molar-refractivity contribution in [3.05, 3.63) is 48.4 Å². The van der Waals surface area contributed by atoms with E-state index in [0.29, 0.717) is 0 Å². The number of hydrogen-bond acceptors (Lipinski definition) is 3. The molecule has 0 atom stereocenters. The lowest BCUT2D eigenvalue weighted by atomic mass is 10.3. The zero-order valence-electron chi connectivity index (χ0n) is 8.88. The van der Waals surface area contributed by atoms with E-state index in [1.54, 1.807) is 6.20 Å². The highest BCUT2D eigenvalue weighted by atomic mass is 15.2. The molecule has 0 bridgehead atoms. The van der Waals surface area contributed by atoms with Crippen LogP contribution in [-0.4, -0.2) is 17.0 Å². The Balaban J connectivity index is 2.32. The lowest BCUT2D eigenvalue weighted by molar-refractivity contribution is 1.08. The van der Waals surface area contributed by atoms with E-state index in [1.807, 2.05) is 55.4 Å². The minimum Gasteiger partial charge on any atom is -0.328 e. The normalized spacial score (nSPS) is 10.0. The lowest BCUT2D eigenvalue weighted by Crippen LogP contribution is -2.11. The summed E-state index contributed by atoms with van der Waals surface area (Å²) in [5.41, 5.74) is 2.05. The Bertz CT molecular complexity index is 440. The van der Waals surface area contributed by atoms with E-state index in [2.05, 4.69) is 9.97 Å². The Morgan fingerprint density at radius 3 is 2.67 bits per heavy atom. The Labute approximate surface area is 89.4 Å². The van der Waals surface area contributed by atoms with Gasteiger partial charge in [0.25, 0.3) is 0 Å². The summed E-state index contributed by atoms with van der Waals surface area (Å²) in [7, 11) is 1.98. The van der Waals surface area contributed by atoms with Gasteiger partial charge in [-0.05, 0) is 31.2 Å². The second-order valence-electron chi connectivity index (χ2n) is 3.41. The zero-order chi connectivity index (χ0) is 10.7. The van der Waals surface area contributed by atoms with Gasteiger partial charge in [0.05, 0.1) is 11.9 Å². The van der Waals surface area contributed by atoms with E-state index in [9.17, 15) is 0 Å². The van der Waals surface area contributed by atoms with Gasteiger partial charge in [-0.1, -0.05) is 6.07 Å². The fourth-order valence-corrected chi connectivity index (χ4v) is 1.40. The molecule has 2 aromatic rings. The summed E-state index contributed by atoms with van der Waals surface area (Å²) < 4.78 is 0. The Morgan fingerprint density at radius 1 is 1.13 bits per heavy atom. The second kappa shape index (κ2) is 4.09. The predicted molar refractivity (Wildman–Crippen MR) is 61.3 cm³/mol. The molecular weight excluding hydrogens is 186 g/mol. The molecule has 0 aliphatic heterocycles. The second-order valence-corrected chi connectivity index (χ2v) is 3.41. The highest BCUT2D eigenvalue weighted by molar-refractivity contribution is 5.57. The maximum atomic E-state index is 4.45. The molecule has 0 aliphatic carbocycles. The van der Waals surface area contributed by atoms with Gasteiger partial charge in [-0.3, -0.25) is 4.98 Å². The van der Waals surface area contributed by atoms with Crippen molar-refractivity contribution < 1.29 is 0 Å². The summed E-state index contributed by atoms with van der Waals surface area (Å²) in [5, 5.41) is 0.